The molecule has 1 rings (SSSR count). The maximum Gasteiger partial charge on any atom is 0.251 e. The van der Waals surface area contributed by atoms with Crippen molar-refractivity contribution in [3.63, 3.8) is 0 Å². The van der Waals surface area contributed by atoms with E-state index in [0.29, 0.717) is 17.0 Å². The van der Waals surface area contributed by atoms with Crippen molar-refractivity contribution in [1.82, 2.24) is 5.32 Å². The maximum atomic E-state index is 11.4. The molecule has 1 aromatic rings. The van der Waals surface area contributed by atoms with Crippen molar-refractivity contribution in [2.75, 3.05) is 12.8 Å². The first-order valence-electron chi connectivity index (χ1n) is 5.14. The third-order valence-electron chi connectivity index (χ3n) is 1.92. The van der Waals surface area contributed by atoms with Gasteiger partial charge in [-0.05, 0) is 39.0 Å². The summed E-state index contributed by atoms with van der Waals surface area (Å²) in [6.07, 6.45) is 0. The van der Waals surface area contributed by atoms with Crippen LogP contribution in [0.5, 0.6) is 5.75 Å². The second-order valence-electron chi connectivity index (χ2n) is 4.55. The number of anilines is 1. The van der Waals surface area contributed by atoms with E-state index < -0.39 is 0 Å². The van der Waals surface area contributed by atoms with Gasteiger partial charge in [0.05, 0.1) is 5.69 Å². The molecule has 0 unspecified atom stereocenters. The van der Waals surface area contributed by atoms with E-state index in [1.54, 1.807) is 25.2 Å². The van der Waals surface area contributed by atoms with Crippen molar-refractivity contribution >= 4 is 11.6 Å². The third-order valence-corrected chi connectivity index (χ3v) is 1.92. The summed E-state index contributed by atoms with van der Waals surface area (Å²) in [6.45, 7) is 5.83. The van der Waals surface area contributed by atoms with Crippen LogP contribution in [0, 0.1) is 0 Å². The van der Waals surface area contributed by atoms with Crippen molar-refractivity contribution < 1.29 is 9.53 Å². The fourth-order valence-corrected chi connectivity index (χ4v) is 1.26. The Balaban J connectivity index is 2.96. The molecule has 0 heterocycles. The van der Waals surface area contributed by atoms with E-state index in [4.69, 9.17) is 10.5 Å². The van der Waals surface area contributed by atoms with Crippen LogP contribution >= 0.6 is 0 Å². The van der Waals surface area contributed by atoms with E-state index in [-0.39, 0.29) is 11.5 Å². The van der Waals surface area contributed by atoms with Gasteiger partial charge in [-0.3, -0.25) is 4.79 Å². The average molecular weight is 222 g/mol. The quantitative estimate of drug-likeness (QED) is 0.750. The van der Waals surface area contributed by atoms with E-state index in [0.717, 1.165) is 0 Å². The van der Waals surface area contributed by atoms with Gasteiger partial charge in [0, 0.05) is 12.6 Å². The highest BCUT2D eigenvalue weighted by Gasteiger charge is 2.14. The zero-order chi connectivity index (χ0) is 12.3. The summed E-state index contributed by atoms with van der Waals surface area (Å²) in [5, 5.41) is 2.54. The Labute approximate surface area is 95.8 Å². The molecule has 0 aliphatic heterocycles. The minimum absolute atomic E-state index is 0.158. The van der Waals surface area contributed by atoms with Crippen molar-refractivity contribution in [3.05, 3.63) is 23.8 Å². The molecule has 4 heteroatoms. The predicted molar refractivity (Wildman–Crippen MR) is 64.6 cm³/mol. The van der Waals surface area contributed by atoms with Gasteiger partial charge >= 0.3 is 0 Å². The Morgan fingerprint density at radius 2 is 2.00 bits per heavy atom. The number of hydrogen-bond donors (Lipinski definition) is 2. The van der Waals surface area contributed by atoms with E-state index >= 15 is 0 Å². The van der Waals surface area contributed by atoms with Gasteiger partial charge in [-0.1, -0.05) is 0 Å². The lowest BCUT2D eigenvalue weighted by Gasteiger charge is -2.22. The molecule has 0 aliphatic carbocycles. The maximum absolute atomic E-state index is 11.4. The lowest BCUT2D eigenvalue weighted by molar-refractivity contribution is 0.0963. The molecule has 0 bridgehead atoms. The lowest BCUT2D eigenvalue weighted by Crippen LogP contribution is -2.24. The van der Waals surface area contributed by atoms with Gasteiger partial charge in [-0.15, -0.1) is 0 Å². The molecule has 1 amide bonds. The van der Waals surface area contributed by atoms with Crippen molar-refractivity contribution in [3.8, 4) is 5.75 Å². The van der Waals surface area contributed by atoms with Crippen molar-refractivity contribution in [2.24, 2.45) is 0 Å². The highest BCUT2D eigenvalue weighted by atomic mass is 16.5. The van der Waals surface area contributed by atoms with Gasteiger partial charge in [0.15, 0.2) is 0 Å². The molecule has 3 N–H and O–H groups in total. The Bertz CT molecular complexity index is 394. The fraction of sp³-hybridized carbons (Fsp3) is 0.417. The molecular weight excluding hydrogens is 204 g/mol. The molecule has 0 radical (unpaired) electrons. The molecule has 16 heavy (non-hydrogen) atoms. The van der Waals surface area contributed by atoms with Gasteiger partial charge in [0.2, 0.25) is 0 Å². The number of nitrogens with two attached hydrogens (primary N) is 1. The van der Waals surface area contributed by atoms with Crippen LogP contribution in [0.1, 0.15) is 31.1 Å². The molecule has 0 saturated carbocycles. The molecule has 0 spiro atoms. The number of carbonyl (C=O) groups excluding carboxylic acids is 1. The van der Waals surface area contributed by atoms with E-state index in [1.165, 1.54) is 0 Å². The van der Waals surface area contributed by atoms with Gasteiger partial charge < -0.3 is 15.8 Å². The number of amides is 1. The van der Waals surface area contributed by atoms with Crippen LogP contribution in [0.25, 0.3) is 0 Å². The molecule has 0 aromatic heterocycles. The summed E-state index contributed by atoms with van der Waals surface area (Å²) in [6, 6.07) is 5.02. The average Bonchev–Trinajstić information content (AvgIpc) is 2.18. The largest absolute Gasteiger partial charge is 0.486 e. The molecule has 1 aromatic carbocycles. The van der Waals surface area contributed by atoms with Crippen LogP contribution in [-0.2, 0) is 0 Å². The topological polar surface area (TPSA) is 64.3 Å². The molecule has 0 atom stereocenters. The molecule has 88 valence electrons. The van der Waals surface area contributed by atoms with Crippen molar-refractivity contribution in [2.45, 2.75) is 26.4 Å². The van der Waals surface area contributed by atoms with E-state index in [9.17, 15) is 4.79 Å². The summed E-state index contributed by atoms with van der Waals surface area (Å²) >= 11 is 0. The van der Waals surface area contributed by atoms with Crippen LogP contribution in [0.3, 0.4) is 0 Å². The number of carbonyl (C=O) groups is 1. The van der Waals surface area contributed by atoms with E-state index in [1.807, 2.05) is 20.8 Å². The van der Waals surface area contributed by atoms with Crippen LogP contribution in [-0.4, -0.2) is 18.6 Å². The molecule has 0 fully saturated rings. The molecule has 0 aliphatic rings. The summed E-state index contributed by atoms with van der Waals surface area (Å²) in [4.78, 5) is 11.4. The Kier molecular flexibility index (Phi) is 3.42. The summed E-state index contributed by atoms with van der Waals surface area (Å²) in [5.74, 6) is 0.439. The number of hydrogen-bond acceptors (Lipinski definition) is 3. The third kappa shape index (κ3) is 3.15. The monoisotopic (exact) mass is 222 g/mol. The summed E-state index contributed by atoms with van der Waals surface area (Å²) in [7, 11) is 1.58. The van der Waals surface area contributed by atoms with E-state index in [2.05, 4.69) is 5.32 Å². The first kappa shape index (κ1) is 12.4. The van der Waals surface area contributed by atoms with Gasteiger partial charge in [0.25, 0.3) is 5.91 Å². The predicted octanol–water partition coefficient (Wildman–Crippen LogP) is 1.81. The molecular formula is C12H18N2O2. The molecule has 4 nitrogen and oxygen atoms in total. The number of benzene rings is 1. The zero-order valence-corrected chi connectivity index (χ0v) is 10.1. The van der Waals surface area contributed by atoms with Gasteiger partial charge in [0.1, 0.15) is 11.4 Å². The smallest absolute Gasteiger partial charge is 0.251 e. The number of ether oxygens (including phenoxy) is 1. The standard InChI is InChI=1S/C12H18N2O2/c1-12(2,3)16-10-6-5-8(7-9(10)13)11(15)14-4/h5-7H,13H2,1-4H3,(H,14,15). The minimum atomic E-state index is -0.303. The SMILES string of the molecule is CNC(=O)c1ccc(OC(C)(C)C)c(N)c1. The van der Waals surface area contributed by atoms with Gasteiger partial charge in [-0.25, -0.2) is 0 Å². The second-order valence-corrected chi connectivity index (χ2v) is 4.55. The Morgan fingerprint density at radius 1 is 1.38 bits per heavy atom. The number of nitrogens with one attached hydrogen (secondary N) is 1. The highest BCUT2D eigenvalue weighted by molar-refractivity contribution is 5.95. The summed E-state index contributed by atoms with van der Waals surface area (Å²) in [5.41, 5.74) is 6.51. The lowest BCUT2D eigenvalue weighted by atomic mass is 10.1. The number of nitrogen functional groups attached to an aromatic ring is 1. The van der Waals surface area contributed by atoms with Crippen LogP contribution in [0.4, 0.5) is 5.69 Å². The normalized spacial score (nSPS) is 11.0. The summed E-state index contributed by atoms with van der Waals surface area (Å²) < 4.78 is 5.64. The zero-order valence-electron chi connectivity index (χ0n) is 10.1. The van der Waals surface area contributed by atoms with Crippen LogP contribution in [0.15, 0.2) is 18.2 Å². The fourth-order valence-electron chi connectivity index (χ4n) is 1.26. The second kappa shape index (κ2) is 4.43. The van der Waals surface area contributed by atoms with Crippen LogP contribution < -0.4 is 15.8 Å². The van der Waals surface area contributed by atoms with Crippen molar-refractivity contribution in [1.29, 1.82) is 0 Å². The first-order chi connectivity index (χ1) is 7.33. The Morgan fingerprint density at radius 3 is 2.44 bits per heavy atom. The number of rotatable bonds is 2. The first-order valence-corrected chi connectivity index (χ1v) is 5.14. The minimum Gasteiger partial charge on any atom is -0.486 e. The molecule has 0 saturated heterocycles. The highest BCUT2D eigenvalue weighted by Crippen LogP contribution is 2.26. The Hall–Kier alpha value is -1.71. The van der Waals surface area contributed by atoms with Crippen LogP contribution in [0.2, 0.25) is 0 Å². The van der Waals surface area contributed by atoms with Gasteiger partial charge in [-0.2, -0.15) is 0 Å².